The van der Waals surface area contributed by atoms with Crippen LogP contribution in [-0.4, -0.2) is 35.4 Å². The molecule has 0 saturated heterocycles. The van der Waals surface area contributed by atoms with E-state index in [1.54, 1.807) is 11.8 Å². The maximum Gasteiger partial charge on any atom is 0.119 e. The van der Waals surface area contributed by atoms with Gasteiger partial charge in [-0.15, -0.1) is 0 Å². The lowest BCUT2D eigenvalue weighted by atomic mass is 10.1. The van der Waals surface area contributed by atoms with Gasteiger partial charge in [-0.1, -0.05) is 12.1 Å². The van der Waals surface area contributed by atoms with Gasteiger partial charge in [-0.3, -0.25) is 0 Å². The van der Waals surface area contributed by atoms with Crippen LogP contribution < -0.4 is 10.1 Å². The van der Waals surface area contributed by atoms with Crippen LogP contribution in [0.15, 0.2) is 24.3 Å². The number of hydrogen-bond donors (Lipinski definition) is 2. The molecule has 0 aliphatic rings. The van der Waals surface area contributed by atoms with Crippen LogP contribution in [0.25, 0.3) is 0 Å². The van der Waals surface area contributed by atoms with Gasteiger partial charge in [-0.2, -0.15) is 11.8 Å². The van der Waals surface area contributed by atoms with E-state index >= 15 is 0 Å². The number of thioether (sulfide) groups is 1. The molecular weight excluding hydrogens is 270 g/mol. The Hall–Kier alpha value is -0.710. The molecule has 0 saturated carbocycles. The van der Waals surface area contributed by atoms with Gasteiger partial charge in [-0.05, 0) is 51.6 Å². The van der Waals surface area contributed by atoms with Crippen LogP contribution in [0.4, 0.5) is 0 Å². The van der Waals surface area contributed by atoms with Gasteiger partial charge in [0.25, 0.3) is 0 Å². The molecule has 20 heavy (non-hydrogen) atoms. The second kappa shape index (κ2) is 7.91. The summed E-state index contributed by atoms with van der Waals surface area (Å²) >= 11 is 1.66. The van der Waals surface area contributed by atoms with Gasteiger partial charge < -0.3 is 15.2 Å². The highest BCUT2D eigenvalue weighted by molar-refractivity contribution is 7.98. The number of hydrogen-bond acceptors (Lipinski definition) is 4. The maximum atomic E-state index is 10.2. The molecule has 0 amide bonds. The number of rotatable bonds is 8. The summed E-state index contributed by atoms with van der Waals surface area (Å²) in [5, 5.41) is 13.5. The zero-order chi connectivity index (χ0) is 15.2. The number of benzene rings is 1. The summed E-state index contributed by atoms with van der Waals surface area (Å²) in [5.74, 6) is 1.62. The Balaban J connectivity index is 2.53. The molecule has 0 aromatic heterocycles. The SMILES string of the molecule is CSCC(C)(O)CNC(C)c1ccc(OC(C)C)cc1. The molecule has 0 bridgehead atoms. The van der Waals surface area contributed by atoms with E-state index in [2.05, 4.69) is 24.4 Å². The molecule has 3 nitrogen and oxygen atoms in total. The summed E-state index contributed by atoms with van der Waals surface area (Å²) in [6.07, 6.45) is 2.20. The van der Waals surface area contributed by atoms with Crippen molar-refractivity contribution in [1.29, 1.82) is 0 Å². The molecule has 2 N–H and O–H groups in total. The van der Waals surface area contributed by atoms with Crippen LogP contribution in [-0.2, 0) is 0 Å². The Bertz CT molecular complexity index is 390. The topological polar surface area (TPSA) is 41.5 Å². The summed E-state index contributed by atoms with van der Waals surface area (Å²) in [6, 6.07) is 8.33. The first-order valence-electron chi connectivity index (χ1n) is 7.05. The minimum Gasteiger partial charge on any atom is -0.491 e. The van der Waals surface area contributed by atoms with Gasteiger partial charge in [0.05, 0.1) is 11.7 Å². The molecule has 1 aromatic carbocycles. The highest BCUT2D eigenvalue weighted by Gasteiger charge is 2.20. The zero-order valence-corrected chi connectivity index (χ0v) is 14.0. The molecule has 114 valence electrons. The van der Waals surface area contributed by atoms with E-state index in [0.717, 1.165) is 11.5 Å². The Labute approximate surface area is 127 Å². The van der Waals surface area contributed by atoms with Crippen molar-refractivity contribution in [1.82, 2.24) is 5.32 Å². The van der Waals surface area contributed by atoms with E-state index in [4.69, 9.17) is 4.74 Å². The third kappa shape index (κ3) is 6.16. The minimum absolute atomic E-state index is 0.193. The molecule has 2 atom stereocenters. The third-order valence-corrected chi connectivity index (χ3v) is 3.91. The molecule has 0 aliphatic carbocycles. The van der Waals surface area contributed by atoms with Crippen LogP contribution in [0.1, 0.15) is 39.3 Å². The van der Waals surface area contributed by atoms with E-state index in [9.17, 15) is 5.11 Å². The van der Waals surface area contributed by atoms with E-state index in [-0.39, 0.29) is 12.1 Å². The van der Waals surface area contributed by atoms with Gasteiger partial charge in [0.1, 0.15) is 5.75 Å². The van der Waals surface area contributed by atoms with Gasteiger partial charge >= 0.3 is 0 Å². The summed E-state index contributed by atoms with van der Waals surface area (Å²) in [6.45, 7) is 8.59. The number of aliphatic hydroxyl groups is 1. The highest BCUT2D eigenvalue weighted by atomic mass is 32.2. The Morgan fingerprint density at radius 1 is 1.25 bits per heavy atom. The molecule has 0 heterocycles. The van der Waals surface area contributed by atoms with Crippen LogP contribution in [0.5, 0.6) is 5.75 Å². The van der Waals surface area contributed by atoms with Crippen molar-refractivity contribution < 1.29 is 9.84 Å². The summed E-state index contributed by atoms with van der Waals surface area (Å²) in [5.41, 5.74) is 0.523. The molecule has 1 rings (SSSR count). The van der Waals surface area contributed by atoms with E-state index in [0.29, 0.717) is 6.54 Å². The van der Waals surface area contributed by atoms with Crippen LogP contribution in [0, 0.1) is 0 Å². The van der Waals surface area contributed by atoms with Crippen molar-refractivity contribution >= 4 is 11.8 Å². The molecule has 0 radical (unpaired) electrons. The van der Waals surface area contributed by atoms with Crippen molar-refractivity contribution in [3.8, 4) is 5.75 Å². The van der Waals surface area contributed by atoms with Crippen LogP contribution >= 0.6 is 11.8 Å². The predicted molar refractivity (Wildman–Crippen MR) is 87.6 cm³/mol. The number of nitrogens with one attached hydrogen (secondary N) is 1. The Kier molecular flexibility index (Phi) is 6.86. The van der Waals surface area contributed by atoms with E-state index < -0.39 is 5.60 Å². The van der Waals surface area contributed by atoms with Crippen molar-refractivity contribution in [3.63, 3.8) is 0 Å². The van der Waals surface area contributed by atoms with Crippen molar-refractivity contribution in [2.45, 2.75) is 45.4 Å². The molecule has 1 aromatic rings. The lowest BCUT2D eigenvalue weighted by Gasteiger charge is -2.25. The monoisotopic (exact) mass is 297 g/mol. The maximum absolute atomic E-state index is 10.2. The van der Waals surface area contributed by atoms with Crippen molar-refractivity contribution in [3.05, 3.63) is 29.8 Å². The van der Waals surface area contributed by atoms with Crippen molar-refractivity contribution in [2.24, 2.45) is 0 Å². The summed E-state index contributed by atoms with van der Waals surface area (Å²) in [7, 11) is 0. The van der Waals surface area contributed by atoms with Gasteiger partial charge in [0.15, 0.2) is 0 Å². The minimum atomic E-state index is -0.672. The predicted octanol–water partition coefficient (Wildman–Crippen LogP) is 3.24. The average Bonchev–Trinajstić information content (AvgIpc) is 2.36. The highest BCUT2D eigenvalue weighted by Crippen LogP contribution is 2.19. The fraction of sp³-hybridized carbons (Fsp3) is 0.625. The van der Waals surface area contributed by atoms with E-state index in [1.807, 2.05) is 39.2 Å². The van der Waals surface area contributed by atoms with Crippen LogP contribution in [0.3, 0.4) is 0 Å². The second-order valence-electron chi connectivity index (χ2n) is 5.77. The van der Waals surface area contributed by atoms with Crippen LogP contribution in [0.2, 0.25) is 0 Å². The van der Waals surface area contributed by atoms with Gasteiger partial charge in [0.2, 0.25) is 0 Å². The smallest absolute Gasteiger partial charge is 0.119 e. The zero-order valence-electron chi connectivity index (χ0n) is 13.1. The molecule has 0 aliphatic heterocycles. The largest absolute Gasteiger partial charge is 0.491 e. The molecule has 0 spiro atoms. The standard InChI is InChI=1S/C16H27NO2S/c1-12(2)19-15-8-6-14(7-9-15)13(3)17-10-16(4,18)11-20-5/h6-9,12-13,17-18H,10-11H2,1-5H3. The number of ether oxygens (including phenoxy) is 1. The second-order valence-corrected chi connectivity index (χ2v) is 6.63. The lowest BCUT2D eigenvalue weighted by molar-refractivity contribution is 0.0820. The lowest BCUT2D eigenvalue weighted by Crippen LogP contribution is -2.40. The first kappa shape index (κ1) is 17.3. The Morgan fingerprint density at radius 2 is 1.85 bits per heavy atom. The first-order chi connectivity index (χ1) is 9.34. The first-order valence-corrected chi connectivity index (χ1v) is 8.45. The van der Waals surface area contributed by atoms with Gasteiger partial charge in [0, 0.05) is 18.3 Å². The van der Waals surface area contributed by atoms with E-state index in [1.165, 1.54) is 5.56 Å². The average molecular weight is 297 g/mol. The fourth-order valence-corrected chi connectivity index (χ4v) is 2.68. The quantitative estimate of drug-likeness (QED) is 0.773. The molecule has 0 fully saturated rings. The molecular formula is C16H27NO2S. The summed E-state index contributed by atoms with van der Waals surface area (Å²) in [4.78, 5) is 0. The fourth-order valence-electron chi connectivity index (χ4n) is 1.96. The Morgan fingerprint density at radius 3 is 2.35 bits per heavy atom. The molecule has 2 unspecified atom stereocenters. The molecule has 4 heteroatoms. The van der Waals surface area contributed by atoms with Gasteiger partial charge in [-0.25, -0.2) is 0 Å². The third-order valence-electron chi connectivity index (χ3n) is 3.00. The van der Waals surface area contributed by atoms with Crippen molar-refractivity contribution in [2.75, 3.05) is 18.6 Å². The normalized spacial score (nSPS) is 15.9. The summed E-state index contributed by atoms with van der Waals surface area (Å²) < 4.78 is 5.63.